The molecule has 0 amide bonds. The molecular formula is C15H24O. The van der Waals surface area contributed by atoms with Crippen molar-refractivity contribution >= 4 is 0 Å². The molecular weight excluding hydrogens is 196 g/mol. The highest BCUT2D eigenvalue weighted by Gasteiger charge is 2.07. The van der Waals surface area contributed by atoms with Crippen molar-refractivity contribution in [3.8, 4) is 0 Å². The fourth-order valence-corrected chi connectivity index (χ4v) is 1.97. The van der Waals surface area contributed by atoms with Crippen molar-refractivity contribution in [3.63, 3.8) is 0 Å². The van der Waals surface area contributed by atoms with Crippen LogP contribution in [0.2, 0.25) is 0 Å². The van der Waals surface area contributed by atoms with E-state index in [0.29, 0.717) is 5.92 Å². The lowest BCUT2D eigenvalue weighted by molar-refractivity contribution is 0.273. The van der Waals surface area contributed by atoms with Crippen LogP contribution in [-0.4, -0.2) is 11.7 Å². The molecule has 1 aromatic carbocycles. The molecule has 0 aliphatic heterocycles. The second-order valence-electron chi connectivity index (χ2n) is 5.12. The van der Waals surface area contributed by atoms with Gasteiger partial charge in [0.1, 0.15) is 0 Å². The van der Waals surface area contributed by atoms with E-state index >= 15 is 0 Å². The minimum absolute atomic E-state index is 0.230. The first-order valence-electron chi connectivity index (χ1n) is 6.30. The summed E-state index contributed by atoms with van der Waals surface area (Å²) in [6, 6.07) is 6.78. The third kappa shape index (κ3) is 3.64. The van der Waals surface area contributed by atoms with Gasteiger partial charge in [0.15, 0.2) is 0 Å². The molecule has 1 nitrogen and oxygen atoms in total. The summed E-state index contributed by atoms with van der Waals surface area (Å²) in [4.78, 5) is 0. The Balaban J connectivity index is 3.00. The molecule has 0 bridgehead atoms. The lowest BCUT2D eigenvalue weighted by Gasteiger charge is -2.14. The van der Waals surface area contributed by atoms with Crippen LogP contribution in [0, 0.1) is 5.92 Å². The van der Waals surface area contributed by atoms with Gasteiger partial charge < -0.3 is 5.11 Å². The zero-order chi connectivity index (χ0) is 12.1. The predicted molar refractivity (Wildman–Crippen MR) is 69.9 cm³/mol. The van der Waals surface area contributed by atoms with Crippen LogP contribution >= 0.6 is 0 Å². The van der Waals surface area contributed by atoms with Gasteiger partial charge in [-0.15, -0.1) is 0 Å². The molecule has 0 aromatic heterocycles. The topological polar surface area (TPSA) is 20.2 Å². The number of aliphatic hydroxyl groups excluding tert-OH is 1. The van der Waals surface area contributed by atoms with Crippen molar-refractivity contribution in [3.05, 3.63) is 34.9 Å². The van der Waals surface area contributed by atoms with E-state index in [2.05, 4.69) is 45.9 Å². The van der Waals surface area contributed by atoms with E-state index in [0.717, 1.165) is 12.8 Å². The number of aliphatic hydroxyl groups is 1. The zero-order valence-corrected chi connectivity index (χ0v) is 11.0. The van der Waals surface area contributed by atoms with Crippen LogP contribution < -0.4 is 0 Å². The Labute approximate surface area is 99.5 Å². The second kappa shape index (κ2) is 6.05. The van der Waals surface area contributed by atoms with Gasteiger partial charge in [-0.05, 0) is 35.4 Å². The Morgan fingerprint density at radius 1 is 1.06 bits per heavy atom. The summed E-state index contributed by atoms with van der Waals surface area (Å²) in [7, 11) is 0. The Morgan fingerprint density at radius 2 is 1.69 bits per heavy atom. The van der Waals surface area contributed by atoms with E-state index in [1.165, 1.54) is 16.7 Å². The summed E-state index contributed by atoms with van der Waals surface area (Å²) in [5.74, 6) is 0.932. The Hall–Kier alpha value is -0.820. The zero-order valence-electron chi connectivity index (χ0n) is 11.0. The van der Waals surface area contributed by atoms with Crippen LogP contribution in [0.5, 0.6) is 0 Å². The van der Waals surface area contributed by atoms with Gasteiger partial charge in [0.25, 0.3) is 0 Å². The Morgan fingerprint density at radius 3 is 2.19 bits per heavy atom. The highest BCUT2D eigenvalue weighted by molar-refractivity contribution is 5.32. The summed E-state index contributed by atoms with van der Waals surface area (Å²) < 4.78 is 0. The molecule has 90 valence electrons. The molecule has 1 atom stereocenters. The summed E-state index contributed by atoms with van der Waals surface area (Å²) in [5.41, 5.74) is 4.07. The molecule has 16 heavy (non-hydrogen) atoms. The SMILES string of the molecule is CCc1cc(CC(C)C)cc(C(C)CO)c1. The summed E-state index contributed by atoms with van der Waals surface area (Å²) in [6.45, 7) is 8.98. The molecule has 1 N–H and O–H groups in total. The number of rotatable bonds is 5. The van der Waals surface area contributed by atoms with Crippen molar-refractivity contribution in [2.24, 2.45) is 5.92 Å². The molecule has 1 heteroatoms. The van der Waals surface area contributed by atoms with Crippen LogP contribution in [0.3, 0.4) is 0 Å². The number of hydrogen-bond donors (Lipinski definition) is 1. The number of aryl methyl sites for hydroxylation is 1. The van der Waals surface area contributed by atoms with Crippen LogP contribution in [0.4, 0.5) is 0 Å². The van der Waals surface area contributed by atoms with Crippen LogP contribution in [0.25, 0.3) is 0 Å². The van der Waals surface area contributed by atoms with Crippen LogP contribution in [0.1, 0.15) is 50.3 Å². The maximum Gasteiger partial charge on any atom is 0.0497 e. The van der Waals surface area contributed by atoms with Gasteiger partial charge in [0.2, 0.25) is 0 Å². The molecule has 0 aliphatic rings. The van der Waals surface area contributed by atoms with E-state index in [-0.39, 0.29) is 12.5 Å². The maximum atomic E-state index is 9.22. The first-order valence-corrected chi connectivity index (χ1v) is 6.30. The largest absolute Gasteiger partial charge is 0.396 e. The van der Waals surface area contributed by atoms with Crippen molar-refractivity contribution in [2.45, 2.75) is 46.5 Å². The summed E-state index contributed by atoms with van der Waals surface area (Å²) in [6.07, 6.45) is 2.19. The van der Waals surface area contributed by atoms with Gasteiger partial charge in [0.05, 0.1) is 0 Å². The first kappa shape index (κ1) is 13.2. The third-order valence-electron chi connectivity index (χ3n) is 2.97. The van der Waals surface area contributed by atoms with Gasteiger partial charge in [0, 0.05) is 12.5 Å². The smallest absolute Gasteiger partial charge is 0.0497 e. The fourth-order valence-electron chi connectivity index (χ4n) is 1.97. The molecule has 0 saturated heterocycles. The normalized spacial score (nSPS) is 13.1. The molecule has 0 fully saturated rings. The third-order valence-corrected chi connectivity index (χ3v) is 2.97. The van der Waals surface area contributed by atoms with Gasteiger partial charge in [-0.3, -0.25) is 0 Å². The van der Waals surface area contributed by atoms with Crippen molar-refractivity contribution in [1.82, 2.24) is 0 Å². The van der Waals surface area contributed by atoms with Gasteiger partial charge in [-0.1, -0.05) is 45.9 Å². The van der Waals surface area contributed by atoms with Crippen molar-refractivity contribution in [1.29, 1.82) is 0 Å². The molecule has 0 saturated carbocycles. The minimum atomic E-state index is 0.230. The summed E-state index contributed by atoms with van der Waals surface area (Å²) >= 11 is 0. The number of hydrogen-bond acceptors (Lipinski definition) is 1. The molecule has 0 spiro atoms. The molecule has 1 unspecified atom stereocenters. The van der Waals surface area contributed by atoms with Gasteiger partial charge in [-0.2, -0.15) is 0 Å². The van der Waals surface area contributed by atoms with Gasteiger partial charge >= 0.3 is 0 Å². The quantitative estimate of drug-likeness (QED) is 0.804. The highest BCUT2D eigenvalue weighted by Crippen LogP contribution is 2.21. The predicted octanol–water partition coefficient (Wildman–Crippen LogP) is 3.54. The fraction of sp³-hybridized carbons (Fsp3) is 0.600. The number of benzene rings is 1. The molecule has 0 heterocycles. The molecule has 1 aromatic rings. The first-order chi connectivity index (χ1) is 7.56. The van der Waals surface area contributed by atoms with E-state index < -0.39 is 0 Å². The van der Waals surface area contributed by atoms with E-state index in [9.17, 15) is 5.11 Å². The average molecular weight is 220 g/mol. The van der Waals surface area contributed by atoms with E-state index in [4.69, 9.17) is 0 Å². The Bertz CT molecular complexity index is 328. The van der Waals surface area contributed by atoms with Gasteiger partial charge in [-0.25, -0.2) is 0 Å². The van der Waals surface area contributed by atoms with E-state index in [1.54, 1.807) is 0 Å². The average Bonchev–Trinajstić information content (AvgIpc) is 2.26. The molecule has 1 rings (SSSR count). The maximum absolute atomic E-state index is 9.22. The standard InChI is InChI=1S/C15H24O/c1-5-13-7-14(6-11(2)3)9-15(8-13)12(4)10-16/h7-9,11-12,16H,5-6,10H2,1-4H3. The second-order valence-corrected chi connectivity index (χ2v) is 5.12. The lowest BCUT2D eigenvalue weighted by atomic mass is 9.93. The minimum Gasteiger partial charge on any atom is -0.396 e. The molecule has 0 aliphatic carbocycles. The van der Waals surface area contributed by atoms with Crippen molar-refractivity contribution in [2.75, 3.05) is 6.61 Å². The lowest BCUT2D eigenvalue weighted by Crippen LogP contribution is -2.03. The van der Waals surface area contributed by atoms with Crippen molar-refractivity contribution < 1.29 is 5.11 Å². The Kier molecular flexibility index (Phi) is 5.01. The monoisotopic (exact) mass is 220 g/mol. The molecule has 0 radical (unpaired) electrons. The highest BCUT2D eigenvalue weighted by atomic mass is 16.3. The van der Waals surface area contributed by atoms with Crippen LogP contribution in [0.15, 0.2) is 18.2 Å². The van der Waals surface area contributed by atoms with E-state index in [1.807, 2.05) is 0 Å². The van der Waals surface area contributed by atoms with Crippen LogP contribution in [-0.2, 0) is 12.8 Å². The summed E-state index contributed by atoms with van der Waals surface area (Å²) in [5, 5.41) is 9.22.